The maximum absolute atomic E-state index is 13.5. The zero-order valence-electron chi connectivity index (χ0n) is 19.5. The summed E-state index contributed by atoms with van der Waals surface area (Å²) in [6.45, 7) is 0.759. The fourth-order valence-electron chi connectivity index (χ4n) is 3.42. The van der Waals surface area contributed by atoms with Gasteiger partial charge in [-0.1, -0.05) is 41.9 Å². The predicted molar refractivity (Wildman–Crippen MR) is 134 cm³/mol. The van der Waals surface area contributed by atoms with Crippen molar-refractivity contribution in [3.05, 3.63) is 88.9 Å². The van der Waals surface area contributed by atoms with Crippen molar-refractivity contribution in [2.24, 2.45) is 0 Å². The molecule has 0 aliphatic carbocycles. The Labute approximate surface area is 217 Å². The second-order valence-corrected chi connectivity index (χ2v) is 12.4. The van der Waals surface area contributed by atoms with Crippen LogP contribution in [0.3, 0.4) is 0 Å². The number of sulfonamides is 1. The molecule has 0 aliphatic heterocycles. The van der Waals surface area contributed by atoms with Crippen LogP contribution in [0.2, 0.25) is 5.02 Å². The Morgan fingerprint density at radius 1 is 0.946 bits per heavy atom. The summed E-state index contributed by atoms with van der Waals surface area (Å²) in [5, 5.41) is 1.97. The van der Waals surface area contributed by atoms with Crippen molar-refractivity contribution in [2.45, 2.75) is 28.9 Å². The van der Waals surface area contributed by atoms with Crippen molar-refractivity contribution in [1.29, 1.82) is 0 Å². The molecule has 0 saturated carbocycles. The van der Waals surface area contributed by atoms with Gasteiger partial charge in [0.25, 0.3) is 10.0 Å². The molecule has 0 aromatic heterocycles. The van der Waals surface area contributed by atoms with Gasteiger partial charge in [-0.15, -0.1) is 0 Å². The van der Waals surface area contributed by atoms with Crippen molar-refractivity contribution >= 4 is 43.1 Å². The van der Waals surface area contributed by atoms with E-state index in [4.69, 9.17) is 11.6 Å². The summed E-state index contributed by atoms with van der Waals surface area (Å²) in [4.78, 5) is 12.8. The molecule has 0 fully saturated rings. The van der Waals surface area contributed by atoms with E-state index in [-0.39, 0.29) is 9.79 Å². The number of carbonyl (C=O) groups excluding carboxylic acids is 1. The lowest BCUT2D eigenvalue weighted by molar-refractivity contribution is -0.137. The predicted octanol–water partition coefficient (Wildman–Crippen LogP) is 4.84. The summed E-state index contributed by atoms with van der Waals surface area (Å²) < 4.78 is 91.0. The van der Waals surface area contributed by atoms with Gasteiger partial charge in [-0.2, -0.15) is 13.2 Å². The first-order valence-corrected chi connectivity index (χ1v) is 14.4. The van der Waals surface area contributed by atoms with Crippen LogP contribution in [0.5, 0.6) is 0 Å². The highest BCUT2D eigenvalue weighted by Gasteiger charge is 2.35. The Kier molecular flexibility index (Phi) is 8.25. The third-order valence-corrected chi connectivity index (χ3v) is 8.59. The van der Waals surface area contributed by atoms with E-state index < -0.39 is 60.8 Å². The molecule has 0 aliphatic rings. The first kappa shape index (κ1) is 28.5. The number of anilines is 1. The van der Waals surface area contributed by atoms with Gasteiger partial charge in [0.15, 0.2) is 9.84 Å². The van der Waals surface area contributed by atoms with Crippen LogP contribution in [-0.2, 0) is 30.8 Å². The third kappa shape index (κ3) is 6.82. The molecule has 1 atom stereocenters. The highest BCUT2D eigenvalue weighted by Crippen LogP contribution is 2.38. The molecule has 0 saturated heterocycles. The smallest absolute Gasteiger partial charge is 0.348 e. The second kappa shape index (κ2) is 10.7. The number of alkyl halides is 3. The lowest BCUT2D eigenvalue weighted by atomic mass is 10.1. The Hall–Kier alpha value is -3.09. The topological polar surface area (TPSA) is 101 Å². The number of nitrogens with one attached hydrogen (secondary N) is 1. The monoisotopic (exact) mass is 574 g/mol. The first-order chi connectivity index (χ1) is 17.1. The molecule has 0 heterocycles. The van der Waals surface area contributed by atoms with Gasteiger partial charge >= 0.3 is 6.18 Å². The van der Waals surface area contributed by atoms with Crippen molar-refractivity contribution in [1.82, 2.24) is 5.32 Å². The van der Waals surface area contributed by atoms with Crippen LogP contribution in [0.25, 0.3) is 0 Å². The van der Waals surface area contributed by atoms with Gasteiger partial charge in [-0.25, -0.2) is 16.8 Å². The number of hydrogen-bond acceptors (Lipinski definition) is 5. The standard InChI is InChI=1S/C24H22ClF3N2O5S2/c1-16(17-8-11-19(12-9-17)36(2,32)33)29-23(31)15-30(37(34,35)20-6-4-3-5-7-20)18-10-13-22(25)21(14-18)24(26,27)28/h3-14,16H,15H2,1-2H3,(H,29,31)/t16-/m1/s1. The lowest BCUT2D eigenvalue weighted by Crippen LogP contribution is -2.41. The lowest BCUT2D eigenvalue weighted by Gasteiger charge is -2.26. The SMILES string of the molecule is C[C@@H](NC(=O)CN(c1ccc(Cl)c(C(F)(F)F)c1)S(=O)(=O)c1ccccc1)c1ccc(S(C)(=O)=O)cc1. The molecule has 198 valence electrons. The van der Waals surface area contributed by atoms with E-state index in [0.717, 1.165) is 18.4 Å². The van der Waals surface area contributed by atoms with Gasteiger partial charge in [0, 0.05) is 6.26 Å². The molecule has 0 radical (unpaired) electrons. The molecular formula is C24H22ClF3N2O5S2. The molecule has 3 aromatic rings. The fraction of sp³-hybridized carbons (Fsp3) is 0.208. The second-order valence-electron chi connectivity index (χ2n) is 8.12. The molecule has 3 rings (SSSR count). The van der Waals surface area contributed by atoms with E-state index in [1.54, 1.807) is 13.0 Å². The van der Waals surface area contributed by atoms with Gasteiger partial charge in [-0.3, -0.25) is 9.10 Å². The number of carbonyl (C=O) groups is 1. The highest BCUT2D eigenvalue weighted by molar-refractivity contribution is 7.93. The van der Waals surface area contributed by atoms with E-state index >= 15 is 0 Å². The molecule has 0 spiro atoms. The number of benzene rings is 3. The summed E-state index contributed by atoms with van der Waals surface area (Å²) in [6, 6.07) is 14.6. The zero-order valence-corrected chi connectivity index (χ0v) is 21.9. The maximum Gasteiger partial charge on any atom is 0.417 e. The van der Waals surface area contributed by atoms with Crippen LogP contribution in [0.4, 0.5) is 18.9 Å². The largest absolute Gasteiger partial charge is 0.417 e. The summed E-state index contributed by atoms with van der Waals surface area (Å²) in [6.07, 6.45) is -3.81. The van der Waals surface area contributed by atoms with E-state index in [1.165, 1.54) is 48.5 Å². The van der Waals surface area contributed by atoms with Gasteiger partial charge in [0.1, 0.15) is 6.54 Å². The number of hydrogen-bond donors (Lipinski definition) is 1. The van der Waals surface area contributed by atoms with E-state index in [9.17, 15) is 34.8 Å². The molecule has 7 nitrogen and oxygen atoms in total. The number of halogens is 4. The van der Waals surface area contributed by atoms with Crippen LogP contribution in [-0.4, -0.2) is 35.5 Å². The molecule has 0 unspecified atom stereocenters. The van der Waals surface area contributed by atoms with E-state index in [2.05, 4.69) is 5.32 Å². The normalized spacial score (nSPS) is 13.1. The average Bonchev–Trinajstić information content (AvgIpc) is 2.82. The molecule has 0 bridgehead atoms. The van der Waals surface area contributed by atoms with Crippen LogP contribution >= 0.6 is 11.6 Å². The molecular weight excluding hydrogens is 553 g/mol. The summed E-state index contributed by atoms with van der Waals surface area (Å²) >= 11 is 5.69. The summed E-state index contributed by atoms with van der Waals surface area (Å²) in [5.41, 5.74) is -1.12. The van der Waals surface area contributed by atoms with Crippen molar-refractivity contribution in [3.63, 3.8) is 0 Å². The minimum atomic E-state index is -4.86. The molecule has 37 heavy (non-hydrogen) atoms. The zero-order chi connectivity index (χ0) is 27.6. The average molecular weight is 575 g/mol. The quantitative estimate of drug-likeness (QED) is 0.415. The number of amides is 1. The number of sulfone groups is 1. The fourth-order valence-corrected chi connectivity index (χ4v) is 5.71. The van der Waals surface area contributed by atoms with Gasteiger partial charge in [0.2, 0.25) is 5.91 Å². The van der Waals surface area contributed by atoms with Crippen LogP contribution < -0.4 is 9.62 Å². The highest BCUT2D eigenvalue weighted by atomic mass is 35.5. The van der Waals surface area contributed by atoms with Gasteiger partial charge in [-0.05, 0) is 55.0 Å². The number of rotatable bonds is 8. The summed E-state index contributed by atoms with van der Waals surface area (Å²) in [5.74, 6) is -0.803. The van der Waals surface area contributed by atoms with Crippen molar-refractivity contribution in [3.8, 4) is 0 Å². The van der Waals surface area contributed by atoms with Crippen molar-refractivity contribution in [2.75, 3.05) is 17.1 Å². The minimum absolute atomic E-state index is 0.0816. The molecule has 1 N–H and O–H groups in total. The van der Waals surface area contributed by atoms with Crippen LogP contribution in [0.1, 0.15) is 24.1 Å². The Morgan fingerprint density at radius 2 is 1.54 bits per heavy atom. The van der Waals surface area contributed by atoms with E-state index in [1.807, 2.05) is 0 Å². The van der Waals surface area contributed by atoms with E-state index in [0.29, 0.717) is 15.9 Å². The Bertz CT molecular complexity index is 1500. The minimum Gasteiger partial charge on any atom is -0.348 e. The molecule has 13 heteroatoms. The van der Waals surface area contributed by atoms with Crippen LogP contribution in [0, 0.1) is 0 Å². The number of nitrogens with zero attached hydrogens (tertiary/aromatic N) is 1. The van der Waals surface area contributed by atoms with Crippen LogP contribution in [0.15, 0.2) is 82.6 Å². The van der Waals surface area contributed by atoms with Gasteiger partial charge < -0.3 is 5.32 Å². The summed E-state index contributed by atoms with van der Waals surface area (Å²) in [7, 11) is -7.88. The first-order valence-electron chi connectivity index (χ1n) is 10.6. The molecule has 1 amide bonds. The maximum atomic E-state index is 13.5. The Balaban J connectivity index is 1.94. The Morgan fingerprint density at radius 3 is 2.08 bits per heavy atom. The third-order valence-electron chi connectivity index (χ3n) is 5.35. The van der Waals surface area contributed by atoms with Gasteiger partial charge in [0.05, 0.1) is 32.1 Å². The van der Waals surface area contributed by atoms with Crippen molar-refractivity contribution < 1.29 is 34.8 Å². The molecule has 3 aromatic carbocycles.